The second kappa shape index (κ2) is 8.09. The minimum Gasteiger partial charge on any atom is -0.494 e. The quantitative estimate of drug-likeness (QED) is 0.442. The van der Waals surface area contributed by atoms with E-state index in [9.17, 15) is 0 Å². The lowest BCUT2D eigenvalue weighted by Crippen LogP contribution is -2.00. The highest BCUT2D eigenvalue weighted by Crippen LogP contribution is 2.19. The highest BCUT2D eigenvalue weighted by Gasteiger charge is 2.01. The minimum absolute atomic E-state index is 0.406. The second-order valence-corrected chi connectivity index (χ2v) is 6.34. The number of nitrogen functional groups attached to an aromatic ring is 2. The van der Waals surface area contributed by atoms with Gasteiger partial charge in [0, 0.05) is 16.3 Å². The number of ether oxygens (including phenoxy) is 1. The number of unbranched alkanes of at least 4 members (excludes halogenated alkanes) is 1. The summed E-state index contributed by atoms with van der Waals surface area (Å²) < 4.78 is 6.70. The van der Waals surface area contributed by atoms with Crippen molar-refractivity contribution >= 4 is 39.3 Å². The number of halogens is 1. The molecule has 21 heavy (non-hydrogen) atoms. The second-order valence-electron chi connectivity index (χ2n) is 4.36. The van der Waals surface area contributed by atoms with Crippen LogP contribution in [-0.4, -0.2) is 22.3 Å². The van der Waals surface area contributed by atoms with Gasteiger partial charge < -0.3 is 16.2 Å². The SMILES string of the molecule is Nc1cc(N)nc(SCCCCOc2ccc(Br)cc2)n1. The summed E-state index contributed by atoms with van der Waals surface area (Å²) >= 11 is 4.95. The summed E-state index contributed by atoms with van der Waals surface area (Å²) in [6.45, 7) is 0.697. The number of thioether (sulfide) groups is 1. The van der Waals surface area contributed by atoms with Gasteiger partial charge in [0.1, 0.15) is 17.4 Å². The van der Waals surface area contributed by atoms with Gasteiger partial charge in [-0.25, -0.2) is 9.97 Å². The van der Waals surface area contributed by atoms with Crippen LogP contribution in [0.25, 0.3) is 0 Å². The maximum Gasteiger partial charge on any atom is 0.191 e. The molecule has 0 saturated heterocycles. The molecule has 2 aromatic rings. The average Bonchev–Trinajstić information content (AvgIpc) is 2.43. The summed E-state index contributed by atoms with van der Waals surface area (Å²) in [6.07, 6.45) is 1.99. The molecule has 2 rings (SSSR count). The van der Waals surface area contributed by atoms with Gasteiger partial charge in [-0.15, -0.1) is 0 Å². The maximum atomic E-state index is 5.65. The van der Waals surface area contributed by atoms with Gasteiger partial charge in [0.25, 0.3) is 0 Å². The summed E-state index contributed by atoms with van der Waals surface area (Å²) in [5.74, 6) is 2.61. The van der Waals surface area contributed by atoms with Crippen LogP contribution < -0.4 is 16.2 Å². The van der Waals surface area contributed by atoms with Crippen molar-refractivity contribution in [1.82, 2.24) is 9.97 Å². The first kappa shape index (κ1) is 15.9. The molecule has 0 amide bonds. The van der Waals surface area contributed by atoms with Crippen molar-refractivity contribution < 1.29 is 4.74 Å². The number of rotatable bonds is 7. The average molecular weight is 369 g/mol. The van der Waals surface area contributed by atoms with Crippen molar-refractivity contribution in [3.05, 3.63) is 34.8 Å². The molecule has 0 spiro atoms. The van der Waals surface area contributed by atoms with Gasteiger partial charge in [0.05, 0.1) is 6.61 Å². The van der Waals surface area contributed by atoms with Crippen molar-refractivity contribution in [3.8, 4) is 5.75 Å². The highest BCUT2D eigenvalue weighted by atomic mass is 79.9. The lowest BCUT2D eigenvalue weighted by Gasteiger charge is -2.06. The predicted octanol–water partition coefficient (Wildman–Crippen LogP) is 3.35. The minimum atomic E-state index is 0.406. The van der Waals surface area contributed by atoms with Crippen molar-refractivity contribution in [3.63, 3.8) is 0 Å². The van der Waals surface area contributed by atoms with Crippen molar-refractivity contribution in [2.75, 3.05) is 23.8 Å². The molecule has 4 N–H and O–H groups in total. The number of benzene rings is 1. The predicted molar refractivity (Wildman–Crippen MR) is 90.5 cm³/mol. The van der Waals surface area contributed by atoms with Gasteiger partial charge in [0.2, 0.25) is 0 Å². The largest absolute Gasteiger partial charge is 0.494 e. The molecular formula is C14H17BrN4OS. The van der Waals surface area contributed by atoms with Gasteiger partial charge in [-0.1, -0.05) is 27.7 Å². The van der Waals surface area contributed by atoms with E-state index in [1.165, 1.54) is 0 Å². The molecule has 0 saturated carbocycles. The number of aromatic nitrogens is 2. The van der Waals surface area contributed by atoms with Crippen LogP contribution in [0.4, 0.5) is 11.6 Å². The molecule has 5 nitrogen and oxygen atoms in total. The van der Waals surface area contributed by atoms with E-state index in [0.29, 0.717) is 23.4 Å². The number of hydrogen-bond donors (Lipinski definition) is 2. The van der Waals surface area contributed by atoms with E-state index < -0.39 is 0 Å². The summed E-state index contributed by atoms with van der Waals surface area (Å²) in [4.78, 5) is 8.24. The fourth-order valence-corrected chi connectivity index (χ4v) is 2.75. The first-order valence-corrected chi connectivity index (χ1v) is 8.32. The van der Waals surface area contributed by atoms with Crippen LogP contribution in [0.15, 0.2) is 40.0 Å². The Kier molecular flexibility index (Phi) is 6.13. The van der Waals surface area contributed by atoms with Crippen molar-refractivity contribution in [2.24, 2.45) is 0 Å². The van der Waals surface area contributed by atoms with E-state index in [0.717, 1.165) is 28.8 Å². The standard InChI is InChI=1S/C14H17BrN4OS/c15-10-3-5-11(6-4-10)20-7-1-2-8-21-14-18-12(16)9-13(17)19-14/h3-6,9H,1-2,7-8H2,(H4,16,17,18,19). The Hall–Kier alpha value is -1.47. The lowest BCUT2D eigenvalue weighted by atomic mass is 10.3. The molecule has 7 heteroatoms. The zero-order chi connectivity index (χ0) is 15.1. The molecule has 0 atom stereocenters. The van der Waals surface area contributed by atoms with E-state index in [4.69, 9.17) is 16.2 Å². The van der Waals surface area contributed by atoms with E-state index in [1.54, 1.807) is 17.8 Å². The van der Waals surface area contributed by atoms with Gasteiger partial charge >= 0.3 is 0 Å². The first-order valence-electron chi connectivity index (χ1n) is 6.55. The first-order chi connectivity index (χ1) is 10.1. The molecule has 0 aliphatic heterocycles. The highest BCUT2D eigenvalue weighted by molar-refractivity contribution is 9.10. The van der Waals surface area contributed by atoms with Crippen LogP contribution in [0, 0.1) is 0 Å². The molecule has 0 unspecified atom stereocenters. The summed E-state index contributed by atoms with van der Waals surface area (Å²) in [5.41, 5.74) is 11.2. The smallest absolute Gasteiger partial charge is 0.191 e. The summed E-state index contributed by atoms with van der Waals surface area (Å²) in [5, 5.41) is 0.626. The topological polar surface area (TPSA) is 87.1 Å². The molecule has 0 aliphatic carbocycles. The summed E-state index contributed by atoms with van der Waals surface area (Å²) in [6, 6.07) is 9.37. The van der Waals surface area contributed by atoms with Crippen LogP contribution in [0.3, 0.4) is 0 Å². The Balaban J connectivity index is 1.62. The third kappa shape index (κ3) is 5.81. The van der Waals surface area contributed by atoms with Gasteiger partial charge in [-0.2, -0.15) is 0 Å². The molecule has 1 aromatic heterocycles. The number of hydrogen-bond acceptors (Lipinski definition) is 6. The van der Waals surface area contributed by atoms with Crippen LogP contribution >= 0.6 is 27.7 Å². The Bertz CT molecular complexity index is 559. The fourth-order valence-electron chi connectivity index (χ4n) is 1.61. The van der Waals surface area contributed by atoms with Crippen LogP contribution in [0.5, 0.6) is 5.75 Å². The molecule has 1 heterocycles. The molecular weight excluding hydrogens is 352 g/mol. The molecule has 112 valence electrons. The van der Waals surface area contributed by atoms with E-state index in [1.807, 2.05) is 24.3 Å². The van der Waals surface area contributed by atoms with E-state index >= 15 is 0 Å². The normalized spacial score (nSPS) is 10.5. The van der Waals surface area contributed by atoms with Crippen molar-refractivity contribution in [1.29, 1.82) is 0 Å². The number of nitrogens with two attached hydrogens (primary N) is 2. The zero-order valence-electron chi connectivity index (χ0n) is 11.5. The lowest BCUT2D eigenvalue weighted by molar-refractivity contribution is 0.310. The monoisotopic (exact) mass is 368 g/mol. The number of anilines is 2. The number of nitrogens with zero attached hydrogens (tertiary/aromatic N) is 2. The molecule has 0 bridgehead atoms. The third-order valence-corrected chi connectivity index (χ3v) is 4.06. The zero-order valence-corrected chi connectivity index (χ0v) is 13.9. The van der Waals surface area contributed by atoms with Crippen LogP contribution in [0.1, 0.15) is 12.8 Å². The molecule has 0 fully saturated rings. The van der Waals surface area contributed by atoms with E-state index in [2.05, 4.69) is 25.9 Å². The van der Waals surface area contributed by atoms with Gasteiger partial charge in [0.15, 0.2) is 5.16 Å². The Morgan fingerprint density at radius 1 is 1.05 bits per heavy atom. The van der Waals surface area contributed by atoms with Gasteiger partial charge in [-0.05, 0) is 37.1 Å². The Morgan fingerprint density at radius 2 is 1.71 bits per heavy atom. The molecule has 0 radical (unpaired) electrons. The third-order valence-electron chi connectivity index (χ3n) is 2.60. The van der Waals surface area contributed by atoms with Crippen LogP contribution in [-0.2, 0) is 0 Å². The van der Waals surface area contributed by atoms with Gasteiger partial charge in [-0.3, -0.25) is 0 Å². The maximum absolute atomic E-state index is 5.65. The molecule has 0 aliphatic rings. The Morgan fingerprint density at radius 3 is 2.38 bits per heavy atom. The summed E-state index contributed by atoms with van der Waals surface area (Å²) in [7, 11) is 0. The van der Waals surface area contributed by atoms with Crippen LogP contribution in [0.2, 0.25) is 0 Å². The van der Waals surface area contributed by atoms with Crippen molar-refractivity contribution in [2.45, 2.75) is 18.0 Å². The fraction of sp³-hybridized carbons (Fsp3) is 0.286. The Labute approximate surface area is 136 Å². The molecule has 1 aromatic carbocycles. The van der Waals surface area contributed by atoms with E-state index in [-0.39, 0.29) is 0 Å².